The van der Waals surface area contributed by atoms with E-state index in [-0.39, 0.29) is 11.9 Å². The smallest absolute Gasteiger partial charge is 0.234 e. The van der Waals surface area contributed by atoms with Crippen LogP contribution in [0, 0.1) is 0 Å². The molecule has 98 valence electrons. The lowest BCUT2D eigenvalue weighted by molar-refractivity contribution is -0.119. The molecular weight excluding hydrogens is 228 g/mol. The standard InChI is InChI=1S/C13H20N4O/c1-10(13(14)18)16-11-5-8-17(9-6-11)12-4-2-3-7-15-12/h2-4,7,10-11,16H,5-6,8-9H2,1H3,(H2,14,18). The van der Waals surface area contributed by atoms with Crippen LogP contribution in [0.25, 0.3) is 0 Å². The highest BCUT2D eigenvalue weighted by Crippen LogP contribution is 2.17. The number of nitrogens with two attached hydrogens (primary N) is 1. The minimum atomic E-state index is -0.290. The van der Waals surface area contributed by atoms with Crippen molar-refractivity contribution in [1.29, 1.82) is 0 Å². The molecule has 0 aliphatic carbocycles. The number of hydrogen-bond donors (Lipinski definition) is 2. The van der Waals surface area contributed by atoms with Crippen LogP contribution in [0.2, 0.25) is 0 Å². The fraction of sp³-hybridized carbons (Fsp3) is 0.538. The molecule has 0 radical (unpaired) electrons. The Balaban J connectivity index is 1.83. The number of pyridine rings is 1. The lowest BCUT2D eigenvalue weighted by Crippen LogP contribution is -2.49. The van der Waals surface area contributed by atoms with E-state index in [0.717, 1.165) is 31.7 Å². The highest BCUT2D eigenvalue weighted by atomic mass is 16.1. The van der Waals surface area contributed by atoms with Crippen molar-refractivity contribution >= 4 is 11.7 Å². The first-order chi connectivity index (χ1) is 8.66. The molecule has 1 atom stereocenters. The first-order valence-corrected chi connectivity index (χ1v) is 6.38. The molecule has 0 bridgehead atoms. The average molecular weight is 248 g/mol. The topological polar surface area (TPSA) is 71.2 Å². The van der Waals surface area contributed by atoms with Gasteiger partial charge in [0.25, 0.3) is 0 Å². The van der Waals surface area contributed by atoms with Gasteiger partial charge in [0.15, 0.2) is 0 Å². The van der Waals surface area contributed by atoms with E-state index < -0.39 is 0 Å². The molecule has 1 aliphatic heterocycles. The van der Waals surface area contributed by atoms with E-state index in [1.54, 1.807) is 0 Å². The predicted molar refractivity (Wildman–Crippen MR) is 71.3 cm³/mol. The SMILES string of the molecule is CC(NC1CCN(c2ccccn2)CC1)C(N)=O. The van der Waals surface area contributed by atoms with Crippen LogP contribution in [0.5, 0.6) is 0 Å². The molecule has 0 aromatic carbocycles. The van der Waals surface area contributed by atoms with Crippen molar-refractivity contribution in [3.8, 4) is 0 Å². The number of anilines is 1. The maximum atomic E-state index is 11.0. The van der Waals surface area contributed by atoms with E-state index in [2.05, 4.69) is 15.2 Å². The van der Waals surface area contributed by atoms with Gasteiger partial charge in [0.05, 0.1) is 6.04 Å². The second kappa shape index (κ2) is 5.82. The lowest BCUT2D eigenvalue weighted by atomic mass is 10.0. The van der Waals surface area contributed by atoms with Crippen molar-refractivity contribution in [2.75, 3.05) is 18.0 Å². The van der Waals surface area contributed by atoms with Crippen molar-refractivity contribution in [3.63, 3.8) is 0 Å². The highest BCUT2D eigenvalue weighted by molar-refractivity contribution is 5.79. The van der Waals surface area contributed by atoms with Gasteiger partial charge in [0, 0.05) is 25.3 Å². The van der Waals surface area contributed by atoms with Crippen LogP contribution in [0.15, 0.2) is 24.4 Å². The second-order valence-electron chi connectivity index (χ2n) is 4.74. The molecule has 1 aromatic rings. The van der Waals surface area contributed by atoms with Crippen molar-refractivity contribution in [1.82, 2.24) is 10.3 Å². The first kappa shape index (κ1) is 12.8. The summed E-state index contributed by atoms with van der Waals surface area (Å²) in [6.07, 6.45) is 3.83. The average Bonchev–Trinajstić information content (AvgIpc) is 2.40. The number of aromatic nitrogens is 1. The fourth-order valence-electron chi connectivity index (χ4n) is 2.25. The molecule has 1 aromatic heterocycles. The van der Waals surface area contributed by atoms with Gasteiger partial charge in [0.1, 0.15) is 5.82 Å². The third-order valence-corrected chi connectivity index (χ3v) is 3.38. The number of carbonyl (C=O) groups excluding carboxylic acids is 1. The summed E-state index contributed by atoms with van der Waals surface area (Å²) < 4.78 is 0. The Kier molecular flexibility index (Phi) is 4.15. The van der Waals surface area contributed by atoms with Crippen LogP contribution >= 0.6 is 0 Å². The summed E-state index contributed by atoms with van der Waals surface area (Å²) in [5.41, 5.74) is 5.25. The summed E-state index contributed by atoms with van der Waals surface area (Å²) in [6.45, 7) is 3.73. The Labute approximate surface area is 107 Å². The fourth-order valence-corrected chi connectivity index (χ4v) is 2.25. The molecular formula is C13H20N4O. The van der Waals surface area contributed by atoms with E-state index in [1.165, 1.54) is 0 Å². The maximum absolute atomic E-state index is 11.0. The molecule has 1 saturated heterocycles. The molecule has 1 fully saturated rings. The number of primary amides is 1. The number of piperidine rings is 1. The zero-order chi connectivity index (χ0) is 13.0. The monoisotopic (exact) mass is 248 g/mol. The zero-order valence-corrected chi connectivity index (χ0v) is 10.7. The molecule has 2 rings (SSSR count). The molecule has 0 spiro atoms. The minimum Gasteiger partial charge on any atom is -0.368 e. The zero-order valence-electron chi connectivity index (χ0n) is 10.7. The van der Waals surface area contributed by atoms with Gasteiger partial charge in [-0.1, -0.05) is 6.07 Å². The second-order valence-corrected chi connectivity index (χ2v) is 4.74. The number of carbonyl (C=O) groups is 1. The Morgan fingerprint density at radius 1 is 1.50 bits per heavy atom. The number of nitrogens with zero attached hydrogens (tertiary/aromatic N) is 2. The van der Waals surface area contributed by atoms with Gasteiger partial charge < -0.3 is 16.0 Å². The van der Waals surface area contributed by atoms with Gasteiger partial charge >= 0.3 is 0 Å². The summed E-state index contributed by atoms with van der Waals surface area (Å²) in [7, 11) is 0. The van der Waals surface area contributed by atoms with Crippen molar-refractivity contribution in [2.24, 2.45) is 5.73 Å². The van der Waals surface area contributed by atoms with E-state index in [4.69, 9.17) is 5.73 Å². The first-order valence-electron chi connectivity index (χ1n) is 6.38. The molecule has 0 saturated carbocycles. The van der Waals surface area contributed by atoms with E-state index >= 15 is 0 Å². The lowest BCUT2D eigenvalue weighted by Gasteiger charge is -2.34. The van der Waals surface area contributed by atoms with Crippen LogP contribution in [0.3, 0.4) is 0 Å². The van der Waals surface area contributed by atoms with Gasteiger partial charge in [-0.25, -0.2) is 4.98 Å². The summed E-state index contributed by atoms with van der Waals surface area (Å²) in [5.74, 6) is 0.737. The molecule has 1 unspecified atom stereocenters. The molecule has 1 amide bonds. The summed E-state index contributed by atoms with van der Waals surface area (Å²) in [6, 6.07) is 6.07. The van der Waals surface area contributed by atoms with E-state index in [9.17, 15) is 4.79 Å². The van der Waals surface area contributed by atoms with Gasteiger partial charge in [-0.2, -0.15) is 0 Å². The highest BCUT2D eigenvalue weighted by Gasteiger charge is 2.22. The molecule has 5 heteroatoms. The third kappa shape index (κ3) is 3.20. The summed E-state index contributed by atoms with van der Waals surface area (Å²) in [5, 5.41) is 3.27. The van der Waals surface area contributed by atoms with Crippen molar-refractivity contribution < 1.29 is 4.79 Å². The van der Waals surface area contributed by atoms with E-state index in [0.29, 0.717) is 6.04 Å². The van der Waals surface area contributed by atoms with Gasteiger partial charge in [-0.3, -0.25) is 4.79 Å². The Morgan fingerprint density at radius 2 is 2.22 bits per heavy atom. The van der Waals surface area contributed by atoms with Crippen LogP contribution in [0.1, 0.15) is 19.8 Å². The van der Waals surface area contributed by atoms with Gasteiger partial charge in [-0.05, 0) is 31.9 Å². The minimum absolute atomic E-state index is 0.253. The summed E-state index contributed by atoms with van der Waals surface area (Å²) in [4.78, 5) is 17.6. The Morgan fingerprint density at radius 3 is 2.78 bits per heavy atom. The predicted octanol–water partition coefficient (Wildman–Crippen LogP) is 0.514. The number of nitrogens with one attached hydrogen (secondary N) is 1. The maximum Gasteiger partial charge on any atom is 0.234 e. The Hall–Kier alpha value is -1.62. The van der Waals surface area contributed by atoms with Crippen LogP contribution in [-0.2, 0) is 4.79 Å². The number of amides is 1. The van der Waals surface area contributed by atoms with Crippen LogP contribution in [0.4, 0.5) is 5.82 Å². The number of hydrogen-bond acceptors (Lipinski definition) is 4. The molecule has 1 aliphatic rings. The quantitative estimate of drug-likeness (QED) is 0.814. The van der Waals surface area contributed by atoms with Crippen molar-refractivity contribution in [3.05, 3.63) is 24.4 Å². The van der Waals surface area contributed by atoms with Crippen LogP contribution in [-0.4, -0.2) is 36.1 Å². The largest absolute Gasteiger partial charge is 0.368 e. The molecule has 18 heavy (non-hydrogen) atoms. The van der Waals surface area contributed by atoms with E-state index in [1.807, 2.05) is 31.3 Å². The van der Waals surface area contributed by atoms with Gasteiger partial charge in [-0.15, -0.1) is 0 Å². The molecule has 3 N–H and O–H groups in total. The normalized spacial score (nSPS) is 18.6. The van der Waals surface area contributed by atoms with Crippen LogP contribution < -0.4 is 16.0 Å². The van der Waals surface area contributed by atoms with Gasteiger partial charge in [0.2, 0.25) is 5.91 Å². The Bertz CT molecular complexity index is 387. The number of rotatable bonds is 4. The molecule has 5 nitrogen and oxygen atoms in total. The third-order valence-electron chi connectivity index (χ3n) is 3.38. The summed E-state index contributed by atoms with van der Waals surface area (Å²) >= 11 is 0. The van der Waals surface area contributed by atoms with Crippen molar-refractivity contribution in [2.45, 2.75) is 31.8 Å². The molecule has 2 heterocycles.